The number of phenols is 1. The molecule has 1 heteroatoms. The maximum atomic E-state index is 9.96. The first kappa shape index (κ1) is 14.1. The first-order chi connectivity index (χ1) is 8.15. The number of hydrogen-bond acceptors (Lipinski definition) is 1. The van der Waals surface area contributed by atoms with Gasteiger partial charge in [0.2, 0.25) is 0 Å². The second kappa shape index (κ2) is 7.37. The zero-order valence-electron chi connectivity index (χ0n) is 11.6. The van der Waals surface area contributed by atoms with Crippen LogP contribution in [0.15, 0.2) is 12.1 Å². The first-order valence-corrected chi connectivity index (χ1v) is 6.94. The molecule has 1 N–H and O–H groups in total. The zero-order chi connectivity index (χ0) is 12.7. The molecule has 17 heavy (non-hydrogen) atoms. The van der Waals surface area contributed by atoms with E-state index >= 15 is 0 Å². The van der Waals surface area contributed by atoms with Crippen LogP contribution in [0.25, 0.3) is 0 Å². The van der Waals surface area contributed by atoms with Gasteiger partial charge in [0.15, 0.2) is 0 Å². The number of hydrogen-bond donors (Lipinski definition) is 1. The first-order valence-electron chi connectivity index (χ1n) is 6.94. The van der Waals surface area contributed by atoms with Crippen molar-refractivity contribution in [2.24, 2.45) is 0 Å². The van der Waals surface area contributed by atoms with Gasteiger partial charge in [-0.3, -0.25) is 0 Å². The minimum atomic E-state index is 0.504. The van der Waals surface area contributed by atoms with Crippen LogP contribution in [0.1, 0.15) is 62.1 Å². The summed E-state index contributed by atoms with van der Waals surface area (Å²) < 4.78 is 0. The van der Waals surface area contributed by atoms with Crippen LogP contribution < -0.4 is 0 Å². The predicted molar refractivity (Wildman–Crippen MR) is 74.7 cm³/mol. The van der Waals surface area contributed by atoms with Gasteiger partial charge in [-0.15, -0.1) is 0 Å². The Balaban J connectivity index is 2.36. The molecule has 96 valence electrons. The molecule has 0 unspecified atom stereocenters. The number of aromatic hydroxyl groups is 1. The van der Waals surface area contributed by atoms with E-state index in [1.165, 1.54) is 44.1 Å². The summed E-state index contributed by atoms with van der Waals surface area (Å²) in [5.41, 5.74) is 3.38. The molecule has 0 fully saturated rings. The number of aryl methyl sites for hydroxylation is 3. The second-order valence-electron chi connectivity index (χ2n) is 5.11. The van der Waals surface area contributed by atoms with Gasteiger partial charge < -0.3 is 5.11 Å². The van der Waals surface area contributed by atoms with Crippen molar-refractivity contribution in [2.75, 3.05) is 0 Å². The SMILES string of the molecule is CCCCCCCCc1cc(C)cc(C)c1O. The lowest BCUT2D eigenvalue weighted by Gasteiger charge is -2.09. The van der Waals surface area contributed by atoms with Gasteiger partial charge in [0, 0.05) is 0 Å². The molecule has 0 radical (unpaired) electrons. The molecule has 0 saturated heterocycles. The van der Waals surface area contributed by atoms with Crippen molar-refractivity contribution in [3.05, 3.63) is 28.8 Å². The van der Waals surface area contributed by atoms with Crippen LogP contribution in [-0.2, 0) is 6.42 Å². The molecule has 1 aromatic carbocycles. The molecule has 0 aliphatic carbocycles. The quantitative estimate of drug-likeness (QED) is 0.664. The van der Waals surface area contributed by atoms with E-state index in [1.807, 2.05) is 13.0 Å². The Bertz CT molecular complexity index is 342. The summed E-state index contributed by atoms with van der Waals surface area (Å²) in [5.74, 6) is 0.504. The minimum Gasteiger partial charge on any atom is -0.507 e. The summed E-state index contributed by atoms with van der Waals surface area (Å²) in [6, 6.07) is 4.16. The molecule has 1 nitrogen and oxygen atoms in total. The van der Waals surface area contributed by atoms with Gasteiger partial charge in [0.1, 0.15) is 5.75 Å². The van der Waals surface area contributed by atoms with Crippen LogP contribution in [0.2, 0.25) is 0 Å². The highest BCUT2D eigenvalue weighted by atomic mass is 16.3. The predicted octanol–water partition coefficient (Wildman–Crippen LogP) is 4.91. The van der Waals surface area contributed by atoms with Gasteiger partial charge in [0.05, 0.1) is 0 Å². The lowest BCUT2D eigenvalue weighted by Crippen LogP contribution is -1.91. The monoisotopic (exact) mass is 234 g/mol. The van der Waals surface area contributed by atoms with Crippen LogP contribution in [0.3, 0.4) is 0 Å². The Hall–Kier alpha value is -0.980. The minimum absolute atomic E-state index is 0.504. The Morgan fingerprint density at radius 3 is 2.29 bits per heavy atom. The molecule has 0 bridgehead atoms. The van der Waals surface area contributed by atoms with Gasteiger partial charge in [0.25, 0.3) is 0 Å². The summed E-state index contributed by atoms with van der Waals surface area (Å²) in [6.45, 7) is 6.32. The van der Waals surface area contributed by atoms with Crippen LogP contribution in [0, 0.1) is 13.8 Å². The van der Waals surface area contributed by atoms with Gasteiger partial charge in [-0.05, 0) is 37.8 Å². The molecule has 0 amide bonds. The molecule has 0 heterocycles. The second-order valence-corrected chi connectivity index (χ2v) is 5.11. The van der Waals surface area contributed by atoms with E-state index in [4.69, 9.17) is 0 Å². The number of benzene rings is 1. The van der Waals surface area contributed by atoms with E-state index in [2.05, 4.69) is 19.9 Å². The molecule has 0 aliphatic rings. The van der Waals surface area contributed by atoms with Crippen molar-refractivity contribution in [3.8, 4) is 5.75 Å². The van der Waals surface area contributed by atoms with E-state index in [0.717, 1.165) is 17.5 Å². The fraction of sp³-hybridized carbons (Fsp3) is 0.625. The summed E-state index contributed by atoms with van der Waals surface area (Å²) in [4.78, 5) is 0. The van der Waals surface area contributed by atoms with Crippen molar-refractivity contribution in [2.45, 2.75) is 65.7 Å². The molecule has 0 spiro atoms. The molecular formula is C16H26O. The summed E-state index contributed by atoms with van der Waals surface area (Å²) in [6.07, 6.45) is 8.84. The van der Waals surface area contributed by atoms with Crippen molar-refractivity contribution in [1.29, 1.82) is 0 Å². The van der Waals surface area contributed by atoms with E-state index in [-0.39, 0.29) is 0 Å². The molecular weight excluding hydrogens is 208 g/mol. The van der Waals surface area contributed by atoms with Crippen LogP contribution in [0.5, 0.6) is 5.75 Å². The summed E-state index contributed by atoms with van der Waals surface area (Å²) >= 11 is 0. The lowest BCUT2D eigenvalue weighted by atomic mass is 10.00. The van der Waals surface area contributed by atoms with Gasteiger partial charge in [-0.2, -0.15) is 0 Å². The fourth-order valence-corrected chi connectivity index (χ4v) is 2.33. The number of phenolic OH excluding ortho intramolecular Hbond substituents is 1. The molecule has 1 rings (SSSR count). The number of unbranched alkanes of at least 4 members (excludes halogenated alkanes) is 5. The summed E-state index contributed by atoms with van der Waals surface area (Å²) in [7, 11) is 0. The van der Waals surface area contributed by atoms with Gasteiger partial charge >= 0.3 is 0 Å². The topological polar surface area (TPSA) is 20.2 Å². The van der Waals surface area contributed by atoms with Crippen molar-refractivity contribution >= 4 is 0 Å². The van der Waals surface area contributed by atoms with Crippen LogP contribution >= 0.6 is 0 Å². The van der Waals surface area contributed by atoms with E-state index in [9.17, 15) is 5.11 Å². The van der Waals surface area contributed by atoms with Crippen LogP contribution in [-0.4, -0.2) is 5.11 Å². The highest BCUT2D eigenvalue weighted by Crippen LogP contribution is 2.25. The Morgan fingerprint density at radius 2 is 1.59 bits per heavy atom. The van der Waals surface area contributed by atoms with Crippen molar-refractivity contribution in [1.82, 2.24) is 0 Å². The van der Waals surface area contributed by atoms with Crippen molar-refractivity contribution < 1.29 is 5.11 Å². The zero-order valence-corrected chi connectivity index (χ0v) is 11.6. The molecule has 0 aliphatic heterocycles. The Morgan fingerprint density at radius 1 is 0.941 bits per heavy atom. The maximum absolute atomic E-state index is 9.96. The van der Waals surface area contributed by atoms with Gasteiger partial charge in [-0.25, -0.2) is 0 Å². The highest BCUT2D eigenvalue weighted by Gasteiger charge is 2.05. The maximum Gasteiger partial charge on any atom is 0.121 e. The smallest absolute Gasteiger partial charge is 0.121 e. The Kier molecular flexibility index (Phi) is 6.10. The summed E-state index contributed by atoms with van der Waals surface area (Å²) in [5, 5.41) is 9.96. The van der Waals surface area contributed by atoms with Gasteiger partial charge in [-0.1, -0.05) is 56.7 Å². The third-order valence-corrected chi connectivity index (χ3v) is 3.32. The van der Waals surface area contributed by atoms with Crippen molar-refractivity contribution in [3.63, 3.8) is 0 Å². The number of rotatable bonds is 7. The largest absolute Gasteiger partial charge is 0.507 e. The van der Waals surface area contributed by atoms with Crippen LogP contribution in [0.4, 0.5) is 0 Å². The molecule has 0 aromatic heterocycles. The fourth-order valence-electron chi connectivity index (χ4n) is 2.33. The standard InChI is InChI=1S/C16H26O/c1-4-5-6-7-8-9-10-15-12-13(2)11-14(3)16(15)17/h11-12,17H,4-10H2,1-3H3. The average Bonchev–Trinajstić information content (AvgIpc) is 2.29. The molecule has 0 saturated carbocycles. The lowest BCUT2D eigenvalue weighted by molar-refractivity contribution is 0.461. The van der Waals surface area contributed by atoms with E-state index in [0.29, 0.717) is 5.75 Å². The van der Waals surface area contributed by atoms with E-state index in [1.54, 1.807) is 0 Å². The third-order valence-electron chi connectivity index (χ3n) is 3.32. The highest BCUT2D eigenvalue weighted by molar-refractivity contribution is 5.42. The third kappa shape index (κ3) is 4.80. The molecule has 0 atom stereocenters. The van der Waals surface area contributed by atoms with E-state index < -0.39 is 0 Å². The average molecular weight is 234 g/mol. The Labute approximate surface area is 106 Å². The molecule has 1 aromatic rings. The normalized spacial score (nSPS) is 10.8.